The molecule has 1 unspecified atom stereocenters. The molecule has 1 N–H and O–H groups in total. The van der Waals surface area contributed by atoms with Crippen molar-refractivity contribution in [1.82, 2.24) is 0 Å². The minimum absolute atomic E-state index is 0.0437. The number of rotatable bonds is 5. The molecule has 1 saturated heterocycles. The highest BCUT2D eigenvalue weighted by atomic mass is 32.2. The van der Waals surface area contributed by atoms with Crippen molar-refractivity contribution in [2.75, 3.05) is 25.2 Å². The number of carboxylic acids is 1. The van der Waals surface area contributed by atoms with Gasteiger partial charge in [-0.05, 0) is 19.3 Å². The molecule has 1 rings (SSSR count). The van der Waals surface area contributed by atoms with Crippen LogP contribution in [-0.2, 0) is 19.4 Å². The van der Waals surface area contributed by atoms with Gasteiger partial charge in [0.05, 0.1) is 12.0 Å². The van der Waals surface area contributed by atoms with Crippen LogP contribution in [0.2, 0.25) is 0 Å². The van der Waals surface area contributed by atoms with Gasteiger partial charge in [-0.2, -0.15) is 0 Å². The first kappa shape index (κ1) is 12.4. The van der Waals surface area contributed by atoms with E-state index >= 15 is 0 Å². The number of carboxylic acid groups (broad SMARTS) is 1. The zero-order valence-electron chi connectivity index (χ0n) is 8.73. The molecule has 1 heterocycles. The Labute approximate surface area is 89.3 Å². The molecule has 0 aromatic carbocycles. The van der Waals surface area contributed by atoms with Gasteiger partial charge >= 0.3 is 5.97 Å². The zero-order chi connectivity index (χ0) is 11.5. The van der Waals surface area contributed by atoms with E-state index in [2.05, 4.69) is 0 Å². The molecule has 0 aromatic rings. The largest absolute Gasteiger partial charge is 0.481 e. The van der Waals surface area contributed by atoms with Gasteiger partial charge in [0.15, 0.2) is 0 Å². The van der Waals surface area contributed by atoms with Crippen molar-refractivity contribution in [2.24, 2.45) is 5.41 Å². The Balaban J connectivity index is 2.50. The average molecular weight is 236 g/mol. The normalized spacial score (nSPS) is 26.7. The van der Waals surface area contributed by atoms with Crippen molar-refractivity contribution >= 4 is 15.8 Å². The number of hydrogen-bond acceptors (Lipinski definition) is 4. The maximum atomic E-state index is 11.0. The van der Waals surface area contributed by atoms with E-state index in [0.29, 0.717) is 25.9 Å². The second kappa shape index (κ2) is 4.49. The molecule has 0 bridgehead atoms. The van der Waals surface area contributed by atoms with Crippen molar-refractivity contribution in [2.45, 2.75) is 19.3 Å². The van der Waals surface area contributed by atoms with Gasteiger partial charge in [-0.1, -0.05) is 0 Å². The van der Waals surface area contributed by atoms with Crippen LogP contribution in [0.1, 0.15) is 19.3 Å². The van der Waals surface area contributed by atoms with E-state index in [9.17, 15) is 13.2 Å². The van der Waals surface area contributed by atoms with Gasteiger partial charge in [-0.25, -0.2) is 8.42 Å². The molecule has 88 valence electrons. The van der Waals surface area contributed by atoms with Gasteiger partial charge in [0.25, 0.3) is 0 Å². The maximum absolute atomic E-state index is 11.0. The molecular formula is C9H16O5S. The van der Waals surface area contributed by atoms with Gasteiger partial charge in [0.1, 0.15) is 9.84 Å². The molecule has 0 amide bonds. The third-order valence-electron chi connectivity index (χ3n) is 2.73. The number of aliphatic carboxylic acids is 1. The molecule has 15 heavy (non-hydrogen) atoms. The lowest BCUT2D eigenvalue weighted by Gasteiger charge is -2.21. The summed E-state index contributed by atoms with van der Waals surface area (Å²) in [5.41, 5.74) is -0.856. The first-order chi connectivity index (χ1) is 6.86. The second-order valence-corrected chi connectivity index (χ2v) is 6.38. The first-order valence-corrected chi connectivity index (χ1v) is 6.91. The van der Waals surface area contributed by atoms with Crippen molar-refractivity contribution in [1.29, 1.82) is 0 Å². The van der Waals surface area contributed by atoms with Crippen LogP contribution in [-0.4, -0.2) is 44.7 Å². The van der Waals surface area contributed by atoms with E-state index in [1.54, 1.807) is 0 Å². The van der Waals surface area contributed by atoms with E-state index in [4.69, 9.17) is 9.84 Å². The summed E-state index contributed by atoms with van der Waals surface area (Å²) in [7, 11) is -3.00. The summed E-state index contributed by atoms with van der Waals surface area (Å²) < 4.78 is 26.9. The Bertz CT molecular complexity index is 326. The lowest BCUT2D eigenvalue weighted by Crippen LogP contribution is -2.31. The van der Waals surface area contributed by atoms with Crippen LogP contribution >= 0.6 is 0 Å². The molecule has 0 spiro atoms. The summed E-state index contributed by atoms with van der Waals surface area (Å²) in [6.45, 7) is 0.650. The molecule has 0 aromatic heterocycles. The van der Waals surface area contributed by atoms with E-state index in [1.807, 2.05) is 0 Å². The highest BCUT2D eigenvalue weighted by Crippen LogP contribution is 2.34. The Kier molecular flexibility index (Phi) is 3.72. The monoisotopic (exact) mass is 236 g/mol. The topological polar surface area (TPSA) is 80.7 Å². The molecular weight excluding hydrogens is 220 g/mol. The predicted octanol–water partition coefficient (Wildman–Crippen LogP) is 0.302. The second-order valence-electron chi connectivity index (χ2n) is 4.12. The smallest absolute Gasteiger partial charge is 0.312 e. The lowest BCUT2D eigenvalue weighted by molar-refractivity contribution is -0.149. The molecule has 5 nitrogen and oxygen atoms in total. The fraction of sp³-hybridized carbons (Fsp3) is 0.889. The van der Waals surface area contributed by atoms with Crippen molar-refractivity contribution in [3.8, 4) is 0 Å². The molecule has 1 atom stereocenters. The van der Waals surface area contributed by atoms with E-state index in [-0.39, 0.29) is 12.4 Å². The number of hydrogen-bond donors (Lipinski definition) is 1. The fourth-order valence-corrected chi connectivity index (χ4v) is 2.42. The third-order valence-corrected chi connectivity index (χ3v) is 3.76. The van der Waals surface area contributed by atoms with E-state index in [0.717, 1.165) is 6.26 Å². The Morgan fingerprint density at radius 2 is 2.20 bits per heavy atom. The molecule has 1 aliphatic heterocycles. The highest BCUT2D eigenvalue weighted by molar-refractivity contribution is 7.90. The van der Waals surface area contributed by atoms with Gasteiger partial charge < -0.3 is 9.84 Å². The Morgan fingerprint density at radius 3 is 2.60 bits per heavy atom. The minimum atomic E-state index is -3.00. The van der Waals surface area contributed by atoms with Crippen LogP contribution in [0.3, 0.4) is 0 Å². The predicted molar refractivity (Wildman–Crippen MR) is 54.4 cm³/mol. The van der Waals surface area contributed by atoms with Crippen LogP contribution < -0.4 is 0 Å². The zero-order valence-corrected chi connectivity index (χ0v) is 9.55. The summed E-state index contributed by atoms with van der Waals surface area (Å²) in [6, 6.07) is 0. The summed E-state index contributed by atoms with van der Waals surface area (Å²) in [5.74, 6) is -0.837. The summed E-state index contributed by atoms with van der Waals surface area (Å²) in [6.07, 6.45) is 2.39. The van der Waals surface area contributed by atoms with E-state index in [1.165, 1.54) is 0 Å². The van der Waals surface area contributed by atoms with Gasteiger partial charge in [-0.3, -0.25) is 4.79 Å². The Hall–Kier alpha value is -0.620. The van der Waals surface area contributed by atoms with Crippen molar-refractivity contribution < 1.29 is 23.1 Å². The quantitative estimate of drug-likeness (QED) is 0.742. The van der Waals surface area contributed by atoms with Crippen LogP contribution in [0.15, 0.2) is 0 Å². The average Bonchev–Trinajstić information content (AvgIpc) is 2.51. The minimum Gasteiger partial charge on any atom is -0.481 e. The molecule has 6 heteroatoms. The lowest BCUT2D eigenvalue weighted by atomic mass is 9.83. The van der Waals surface area contributed by atoms with Crippen LogP contribution in [0, 0.1) is 5.41 Å². The molecule has 1 fully saturated rings. The maximum Gasteiger partial charge on any atom is 0.312 e. The SMILES string of the molecule is CS(=O)(=O)CCCC1(C(=O)O)CCOC1. The highest BCUT2D eigenvalue weighted by Gasteiger charge is 2.41. The van der Waals surface area contributed by atoms with Gasteiger partial charge in [0.2, 0.25) is 0 Å². The van der Waals surface area contributed by atoms with Gasteiger partial charge in [0, 0.05) is 18.6 Å². The number of sulfone groups is 1. The van der Waals surface area contributed by atoms with Gasteiger partial charge in [-0.15, -0.1) is 0 Å². The third kappa shape index (κ3) is 3.46. The van der Waals surface area contributed by atoms with Crippen molar-refractivity contribution in [3.63, 3.8) is 0 Å². The Morgan fingerprint density at radius 1 is 1.53 bits per heavy atom. The summed E-state index contributed by atoms with van der Waals surface area (Å²) in [4.78, 5) is 11.0. The molecule has 0 radical (unpaired) electrons. The van der Waals surface area contributed by atoms with Crippen LogP contribution in [0.4, 0.5) is 0 Å². The molecule has 1 aliphatic rings. The standard InChI is InChI=1S/C9H16O5S/c1-15(12,13)6-2-3-9(8(10)11)4-5-14-7-9/h2-7H2,1H3,(H,10,11). The summed E-state index contributed by atoms with van der Waals surface area (Å²) >= 11 is 0. The van der Waals surface area contributed by atoms with Crippen LogP contribution in [0.25, 0.3) is 0 Å². The number of ether oxygens (including phenoxy) is 1. The molecule has 0 saturated carbocycles. The van der Waals surface area contributed by atoms with E-state index < -0.39 is 21.2 Å². The van der Waals surface area contributed by atoms with Crippen LogP contribution in [0.5, 0.6) is 0 Å². The molecule has 0 aliphatic carbocycles. The van der Waals surface area contributed by atoms with Crippen molar-refractivity contribution in [3.05, 3.63) is 0 Å². The fourth-order valence-electron chi connectivity index (χ4n) is 1.75. The number of carbonyl (C=O) groups is 1. The summed E-state index contributed by atoms with van der Waals surface area (Å²) in [5, 5.41) is 9.06. The first-order valence-electron chi connectivity index (χ1n) is 4.85.